The van der Waals surface area contributed by atoms with E-state index in [-0.39, 0.29) is 31.9 Å². The van der Waals surface area contributed by atoms with E-state index in [0.717, 1.165) is 67.5 Å². The Morgan fingerprint density at radius 1 is 0.414 bits per heavy atom. The molecule has 0 fully saturated rings. The first kappa shape index (κ1) is 40.6. The van der Waals surface area contributed by atoms with Crippen molar-refractivity contribution in [2.75, 3.05) is 0 Å². The minimum Gasteiger partial charge on any atom is -0.257 e. The van der Waals surface area contributed by atoms with Gasteiger partial charge in [-0.1, -0.05) is 163 Å². The molecule has 0 spiro atoms. The van der Waals surface area contributed by atoms with Gasteiger partial charge in [0, 0.05) is 22.3 Å². The largest absolute Gasteiger partial charge is 2.00 e. The van der Waals surface area contributed by atoms with Gasteiger partial charge >= 0.3 is 21.1 Å². The summed E-state index contributed by atoms with van der Waals surface area (Å²) in [5.41, 5.74) is 13.8. The van der Waals surface area contributed by atoms with Crippen LogP contribution in [0, 0.1) is 12.1 Å². The summed E-state index contributed by atoms with van der Waals surface area (Å²) in [4.78, 5) is 0. The Morgan fingerprint density at radius 3 is 1.03 bits per heavy atom. The third-order valence-corrected chi connectivity index (χ3v) is 10.9. The van der Waals surface area contributed by atoms with Crippen LogP contribution in [0.25, 0.3) is 56.1 Å². The molecule has 0 unspecified atom stereocenters. The van der Waals surface area contributed by atoms with E-state index < -0.39 is 5.41 Å². The summed E-state index contributed by atoms with van der Waals surface area (Å²) in [6, 6.07) is 62.7. The van der Waals surface area contributed by atoms with E-state index in [1.54, 1.807) is 0 Å². The predicted molar refractivity (Wildman–Crippen MR) is 236 cm³/mol. The number of benzene rings is 6. The molecule has 58 heavy (non-hydrogen) atoms. The molecule has 0 amide bonds. The molecule has 8 aromatic rings. The summed E-state index contributed by atoms with van der Waals surface area (Å²) >= 11 is 0. The minimum atomic E-state index is -0.719. The summed E-state index contributed by atoms with van der Waals surface area (Å²) in [7, 11) is 0. The van der Waals surface area contributed by atoms with Crippen LogP contribution >= 0.6 is 0 Å². The molecule has 2 aromatic heterocycles. The standard InChI is InChI=1S/C53H50N4.Pt/c1-51(2,3)41-31-21-33-43(35-41)56-47(39-27-17-11-18-28-39)45(37-23-13-9-14-24-37)49(54-56)53(7,8)50-46(38-25-15-10-16-26-38)48(40-29-19-12-20-30-40)57(55-50)44-34-22-32-42(36-44)52(4,5)6;/h9-32,35-36H,1-8H3;/q-2;+2. The molecule has 0 aliphatic rings. The van der Waals surface area contributed by atoms with E-state index >= 15 is 0 Å². The number of hydrogen-bond acceptors (Lipinski definition) is 2. The second-order valence-corrected chi connectivity index (χ2v) is 17.5. The molecule has 8 rings (SSSR count). The molecule has 5 heteroatoms. The summed E-state index contributed by atoms with van der Waals surface area (Å²) < 4.78 is 4.23. The first-order valence-electron chi connectivity index (χ1n) is 19.9. The van der Waals surface area contributed by atoms with Crippen molar-refractivity contribution in [1.29, 1.82) is 0 Å². The van der Waals surface area contributed by atoms with Crippen molar-refractivity contribution in [3.8, 4) is 56.1 Å². The normalized spacial score (nSPS) is 12.0. The van der Waals surface area contributed by atoms with Gasteiger partial charge in [-0.3, -0.25) is 9.36 Å². The third kappa shape index (κ3) is 7.71. The molecule has 0 saturated heterocycles. The van der Waals surface area contributed by atoms with Crippen molar-refractivity contribution < 1.29 is 21.1 Å². The fourth-order valence-corrected chi connectivity index (χ4v) is 7.74. The number of nitrogens with zero attached hydrogens (tertiary/aromatic N) is 4. The van der Waals surface area contributed by atoms with Gasteiger partial charge in [0.15, 0.2) is 0 Å². The van der Waals surface area contributed by atoms with Gasteiger partial charge in [0.2, 0.25) is 0 Å². The van der Waals surface area contributed by atoms with Gasteiger partial charge in [0.1, 0.15) is 0 Å². The predicted octanol–water partition coefficient (Wildman–Crippen LogP) is 13.2. The molecule has 0 atom stereocenters. The summed E-state index contributed by atoms with van der Waals surface area (Å²) in [6.07, 6.45) is 0. The van der Waals surface area contributed by atoms with E-state index in [9.17, 15) is 0 Å². The minimum absolute atomic E-state index is 0. The zero-order valence-electron chi connectivity index (χ0n) is 34.6. The van der Waals surface area contributed by atoms with Crippen LogP contribution in [0.15, 0.2) is 158 Å². The maximum absolute atomic E-state index is 5.70. The molecule has 0 saturated carbocycles. The molecule has 0 N–H and O–H groups in total. The Kier molecular flexibility index (Phi) is 11.2. The molecule has 6 aromatic carbocycles. The van der Waals surface area contributed by atoms with Gasteiger partial charge in [0.05, 0.1) is 28.2 Å². The van der Waals surface area contributed by atoms with Gasteiger partial charge in [0.25, 0.3) is 0 Å². The molecule has 0 radical (unpaired) electrons. The Balaban J connectivity index is 0.00000512. The maximum atomic E-state index is 5.70. The van der Waals surface area contributed by atoms with E-state index in [2.05, 4.69) is 222 Å². The SMILES string of the molecule is CC(C)(C)c1cc[c-]c(-n2nc(C(C)(C)c3nn(-c4[c-]ccc(C(C)(C)C)c4)c(-c4ccccc4)c3-c3ccccc3)c(-c3ccccc3)c2-c2ccccc2)c1.[Pt+2]. The first-order valence-corrected chi connectivity index (χ1v) is 19.9. The zero-order valence-corrected chi connectivity index (χ0v) is 36.9. The van der Waals surface area contributed by atoms with Crippen LogP contribution in [-0.2, 0) is 37.3 Å². The average molecular weight is 938 g/mol. The van der Waals surface area contributed by atoms with Gasteiger partial charge < -0.3 is 0 Å². The van der Waals surface area contributed by atoms with Crippen molar-refractivity contribution in [1.82, 2.24) is 19.6 Å². The Bertz CT molecular complexity index is 2460. The quantitative estimate of drug-likeness (QED) is 0.142. The molecule has 292 valence electrons. The topological polar surface area (TPSA) is 35.6 Å². The van der Waals surface area contributed by atoms with Gasteiger partial charge in [-0.15, -0.1) is 12.1 Å². The van der Waals surface area contributed by atoms with Gasteiger partial charge in [-0.2, -0.15) is 57.7 Å². The molecular formula is C53H50N4Pt. The molecule has 0 aliphatic heterocycles. The number of rotatable bonds is 8. The van der Waals surface area contributed by atoms with Crippen LogP contribution in [0.2, 0.25) is 0 Å². The molecule has 0 aliphatic carbocycles. The summed E-state index contributed by atoms with van der Waals surface area (Å²) in [5.74, 6) is 0. The van der Waals surface area contributed by atoms with Crippen molar-refractivity contribution in [3.63, 3.8) is 0 Å². The van der Waals surface area contributed by atoms with Crippen molar-refractivity contribution in [2.24, 2.45) is 0 Å². The van der Waals surface area contributed by atoms with Gasteiger partial charge in [-0.25, -0.2) is 0 Å². The van der Waals surface area contributed by atoms with Crippen LogP contribution in [-0.4, -0.2) is 19.6 Å². The number of aromatic nitrogens is 4. The Labute approximate surface area is 358 Å². The van der Waals surface area contributed by atoms with Crippen LogP contribution in [0.1, 0.15) is 77.9 Å². The Morgan fingerprint density at radius 2 is 0.724 bits per heavy atom. The average Bonchev–Trinajstić information content (AvgIpc) is 3.84. The monoisotopic (exact) mass is 937 g/mol. The first-order chi connectivity index (χ1) is 27.3. The number of hydrogen-bond donors (Lipinski definition) is 0. The molecular weight excluding hydrogens is 888 g/mol. The van der Waals surface area contributed by atoms with E-state index in [0.29, 0.717) is 0 Å². The second kappa shape index (κ2) is 16.0. The van der Waals surface area contributed by atoms with E-state index in [1.165, 1.54) is 11.1 Å². The molecule has 4 nitrogen and oxygen atoms in total. The van der Waals surface area contributed by atoms with Gasteiger partial charge in [-0.05, 0) is 47.2 Å². The van der Waals surface area contributed by atoms with Crippen LogP contribution in [0.4, 0.5) is 0 Å². The van der Waals surface area contributed by atoms with Crippen LogP contribution in [0.5, 0.6) is 0 Å². The maximum Gasteiger partial charge on any atom is 2.00 e. The van der Waals surface area contributed by atoms with Crippen molar-refractivity contribution >= 4 is 0 Å². The summed E-state index contributed by atoms with van der Waals surface area (Å²) in [6.45, 7) is 18.0. The van der Waals surface area contributed by atoms with Crippen molar-refractivity contribution in [3.05, 3.63) is 192 Å². The van der Waals surface area contributed by atoms with E-state index in [1.807, 2.05) is 12.1 Å². The zero-order chi connectivity index (χ0) is 40.0. The van der Waals surface area contributed by atoms with E-state index in [4.69, 9.17) is 10.2 Å². The van der Waals surface area contributed by atoms with Crippen molar-refractivity contribution in [2.45, 2.75) is 71.6 Å². The second-order valence-electron chi connectivity index (χ2n) is 17.5. The fourth-order valence-electron chi connectivity index (χ4n) is 7.74. The molecule has 0 bridgehead atoms. The Hall–Kier alpha value is -5.57. The third-order valence-electron chi connectivity index (χ3n) is 10.9. The molecule has 2 heterocycles. The van der Waals surface area contributed by atoms with Crippen LogP contribution < -0.4 is 0 Å². The summed E-state index contributed by atoms with van der Waals surface area (Å²) in [5, 5.41) is 11.4. The fraction of sp³-hybridized carbons (Fsp3) is 0.208. The smallest absolute Gasteiger partial charge is 0.257 e. The van der Waals surface area contributed by atoms with Crippen LogP contribution in [0.3, 0.4) is 0 Å².